The predicted molar refractivity (Wildman–Crippen MR) is 131 cm³/mol. The van der Waals surface area contributed by atoms with Gasteiger partial charge < -0.3 is 10.2 Å². The van der Waals surface area contributed by atoms with Crippen LogP contribution in [0.4, 0.5) is 5.69 Å². The zero-order valence-corrected chi connectivity index (χ0v) is 20.1. The maximum absolute atomic E-state index is 12.6. The van der Waals surface area contributed by atoms with Crippen LogP contribution in [0.5, 0.6) is 0 Å². The molecule has 0 aliphatic carbocycles. The van der Waals surface area contributed by atoms with Crippen molar-refractivity contribution in [2.24, 2.45) is 0 Å². The number of hydrogen-bond acceptors (Lipinski definition) is 5. The van der Waals surface area contributed by atoms with Gasteiger partial charge in [-0.05, 0) is 55.7 Å². The minimum Gasteiger partial charge on any atom is -0.369 e. The number of anilines is 1. The lowest BCUT2D eigenvalue weighted by Gasteiger charge is -2.36. The van der Waals surface area contributed by atoms with Gasteiger partial charge in [-0.3, -0.25) is 9.69 Å². The van der Waals surface area contributed by atoms with E-state index in [2.05, 4.69) is 54.1 Å². The second-order valence-electron chi connectivity index (χ2n) is 7.94. The quantitative estimate of drug-likeness (QED) is 0.690. The van der Waals surface area contributed by atoms with Gasteiger partial charge in [-0.2, -0.15) is 0 Å². The Kier molecular flexibility index (Phi) is 6.78. The van der Waals surface area contributed by atoms with Gasteiger partial charge in [-0.1, -0.05) is 17.7 Å². The second-order valence-corrected chi connectivity index (χ2v) is 10.6. The number of carbonyl (C=O) groups is 1. The molecule has 4 nitrogen and oxygen atoms in total. The van der Waals surface area contributed by atoms with Gasteiger partial charge >= 0.3 is 0 Å². The van der Waals surface area contributed by atoms with E-state index in [-0.39, 0.29) is 5.91 Å². The van der Waals surface area contributed by atoms with Gasteiger partial charge in [0.15, 0.2) is 0 Å². The van der Waals surface area contributed by atoms with Crippen LogP contribution < -0.4 is 10.2 Å². The van der Waals surface area contributed by atoms with Gasteiger partial charge in [-0.15, -0.1) is 23.1 Å². The Labute approximate surface area is 192 Å². The summed E-state index contributed by atoms with van der Waals surface area (Å²) in [4.78, 5) is 20.9. The van der Waals surface area contributed by atoms with Crippen LogP contribution in [-0.4, -0.2) is 50.1 Å². The number of nitrogens with one attached hydrogen (secondary N) is 1. The number of nitrogens with zero attached hydrogens (tertiary/aromatic N) is 2. The van der Waals surface area contributed by atoms with E-state index in [1.165, 1.54) is 32.1 Å². The number of aryl methyl sites for hydroxylation is 2. The Morgan fingerprint density at radius 2 is 1.93 bits per heavy atom. The van der Waals surface area contributed by atoms with Crippen molar-refractivity contribution in [3.8, 4) is 0 Å². The number of benzene rings is 1. The highest BCUT2D eigenvalue weighted by atomic mass is 35.5. The minimum atomic E-state index is 0.0579. The highest BCUT2D eigenvalue weighted by Gasteiger charge is 2.22. The molecule has 2 aromatic rings. The largest absolute Gasteiger partial charge is 0.369 e. The van der Waals surface area contributed by atoms with Crippen molar-refractivity contribution in [1.82, 2.24) is 10.2 Å². The van der Waals surface area contributed by atoms with Crippen LogP contribution in [0.3, 0.4) is 0 Å². The summed E-state index contributed by atoms with van der Waals surface area (Å²) in [5.41, 5.74) is 5.27. The molecule has 1 aromatic carbocycles. The Balaban J connectivity index is 1.25. The van der Waals surface area contributed by atoms with Crippen molar-refractivity contribution in [2.75, 3.05) is 44.2 Å². The highest BCUT2D eigenvalue weighted by molar-refractivity contribution is 8.03. The fraction of sp³-hybridized carbons (Fsp3) is 0.435. The molecule has 0 atom stereocenters. The summed E-state index contributed by atoms with van der Waals surface area (Å²) < 4.78 is 0. The monoisotopic (exact) mass is 461 g/mol. The van der Waals surface area contributed by atoms with E-state index < -0.39 is 0 Å². The number of rotatable bonds is 5. The number of amides is 1. The average Bonchev–Trinajstić information content (AvgIpc) is 3.03. The van der Waals surface area contributed by atoms with Crippen molar-refractivity contribution in [3.63, 3.8) is 0 Å². The molecule has 4 rings (SSSR count). The topological polar surface area (TPSA) is 35.6 Å². The summed E-state index contributed by atoms with van der Waals surface area (Å²) in [6.45, 7) is 12.0. The third-order valence-corrected chi connectivity index (χ3v) is 8.48. The van der Waals surface area contributed by atoms with Crippen LogP contribution in [-0.2, 0) is 10.5 Å². The molecule has 2 aliphatic heterocycles. The summed E-state index contributed by atoms with van der Waals surface area (Å²) in [5.74, 6) is 0.956. The molecular weight excluding hydrogens is 434 g/mol. The average molecular weight is 462 g/mol. The number of thioether (sulfide) groups is 1. The first-order valence-corrected chi connectivity index (χ1v) is 12.6. The Hall–Kier alpha value is -1.47. The van der Waals surface area contributed by atoms with E-state index in [9.17, 15) is 4.79 Å². The SMILES string of the molecule is Cc1ccc(Cl)cc1N1CCN(CCNC(=O)C2=Cc3sc(C)c(C)c3CS2)CC1. The molecule has 0 saturated carbocycles. The standard InChI is InChI=1S/C23H28ClN3OS2/c1-15-4-5-18(24)12-20(15)27-10-8-26(9-11-27)7-6-25-23(28)22-13-21-19(14-29-22)16(2)17(3)30-21/h4-5,12-13H,6-11,14H2,1-3H3,(H,25,28). The normalized spacial score (nSPS) is 16.9. The molecule has 1 amide bonds. The number of hydrogen-bond donors (Lipinski definition) is 1. The Morgan fingerprint density at radius 1 is 1.17 bits per heavy atom. The summed E-state index contributed by atoms with van der Waals surface area (Å²) in [5, 5.41) is 3.90. The zero-order chi connectivity index (χ0) is 21.3. The van der Waals surface area contributed by atoms with Gasteiger partial charge in [-0.25, -0.2) is 0 Å². The van der Waals surface area contributed by atoms with E-state index in [0.29, 0.717) is 6.54 Å². The van der Waals surface area contributed by atoms with Gasteiger partial charge in [0.1, 0.15) is 0 Å². The molecule has 0 bridgehead atoms. The Morgan fingerprint density at radius 3 is 2.70 bits per heavy atom. The van der Waals surface area contributed by atoms with E-state index in [4.69, 9.17) is 11.6 Å². The molecular formula is C23H28ClN3OS2. The van der Waals surface area contributed by atoms with Crippen molar-refractivity contribution < 1.29 is 4.79 Å². The number of piperazine rings is 1. The van der Waals surface area contributed by atoms with E-state index in [0.717, 1.165) is 48.4 Å². The van der Waals surface area contributed by atoms with Crippen LogP contribution in [0.25, 0.3) is 6.08 Å². The molecule has 0 radical (unpaired) electrons. The molecule has 1 saturated heterocycles. The van der Waals surface area contributed by atoms with Crippen LogP contribution in [0.1, 0.15) is 26.4 Å². The molecule has 30 heavy (non-hydrogen) atoms. The zero-order valence-electron chi connectivity index (χ0n) is 17.8. The number of carbonyl (C=O) groups excluding carboxylic acids is 1. The lowest BCUT2D eigenvalue weighted by Crippen LogP contribution is -2.48. The number of thiophene rings is 1. The maximum Gasteiger partial charge on any atom is 0.257 e. The second kappa shape index (κ2) is 9.35. The summed E-state index contributed by atoms with van der Waals surface area (Å²) in [7, 11) is 0. The van der Waals surface area contributed by atoms with Crippen molar-refractivity contribution in [1.29, 1.82) is 0 Å². The van der Waals surface area contributed by atoms with Crippen molar-refractivity contribution in [3.05, 3.63) is 54.6 Å². The Bertz CT molecular complexity index is 977. The van der Waals surface area contributed by atoms with Crippen molar-refractivity contribution in [2.45, 2.75) is 26.5 Å². The van der Waals surface area contributed by atoms with E-state index in [1.54, 1.807) is 23.1 Å². The van der Waals surface area contributed by atoms with Crippen LogP contribution in [0.15, 0.2) is 23.1 Å². The molecule has 3 heterocycles. The number of halogens is 1. The van der Waals surface area contributed by atoms with E-state index in [1.807, 2.05) is 6.07 Å². The molecule has 1 N–H and O–H groups in total. The molecule has 1 fully saturated rings. The predicted octanol–water partition coefficient (Wildman–Crippen LogP) is 4.85. The lowest BCUT2D eigenvalue weighted by molar-refractivity contribution is -0.116. The number of fused-ring (bicyclic) bond motifs is 1. The van der Waals surface area contributed by atoms with Crippen LogP contribution in [0.2, 0.25) is 5.02 Å². The highest BCUT2D eigenvalue weighted by Crippen LogP contribution is 2.39. The van der Waals surface area contributed by atoms with Gasteiger partial charge in [0.25, 0.3) is 5.91 Å². The van der Waals surface area contributed by atoms with Gasteiger partial charge in [0.05, 0.1) is 4.91 Å². The molecule has 0 unspecified atom stereocenters. The molecule has 160 valence electrons. The first-order chi connectivity index (χ1) is 14.4. The third-order valence-electron chi connectivity index (χ3n) is 6.00. The van der Waals surface area contributed by atoms with Gasteiger partial charge in [0, 0.05) is 65.5 Å². The van der Waals surface area contributed by atoms with Crippen LogP contribution in [0, 0.1) is 20.8 Å². The molecule has 0 spiro atoms. The van der Waals surface area contributed by atoms with Crippen molar-refractivity contribution >= 4 is 52.4 Å². The van der Waals surface area contributed by atoms with Gasteiger partial charge in [0.2, 0.25) is 0 Å². The molecule has 7 heteroatoms. The minimum absolute atomic E-state index is 0.0579. The molecule has 1 aromatic heterocycles. The fourth-order valence-corrected chi connectivity index (χ4v) is 6.53. The van der Waals surface area contributed by atoms with E-state index >= 15 is 0 Å². The summed E-state index contributed by atoms with van der Waals surface area (Å²) in [6.07, 6.45) is 2.07. The first kappa shape index (κ1) is 21.8. The van der Waals surface area contributed by atoms with Crippen LogP contribution >= 0.6 is 34.7 Å². The third kappa shape index (κ3) is 4.72. The maximum atomic E-state index is 12.6. The summed E-state index contributed by atoms with van der Waals surface area (Å²) >= 11 is 9.63. The lowest BCUT2D eigenvalue weighted by atomic mass is 10.1. The smallest absolute Gasteiger partial charge is 0.257 e. The first-order valence-electron chi connectivity index (χ1n) is 10.4. The summed E-state index contributed by atoms with van der Waals surface area (Å²) in [6, 6.07) is 6.09. The fourth-order valence-electron chi connectivity index (χ4n) is 3.99. The molecule has 2 aliphatic rings.